The summed E-state index contributed by atoms with van der Waals surface area (Å²) in [5.74, 6) is 0.894. The smallest absolute Gasteiger partial charge is 0.122 e. The Balaban J connectivity index is 1.85. The molecular weight excluding hydrogens is 474 g/mol. The third kappa shape index (κ3) is 3.03. The van der Waals surface area contributed by atoms with Crippen molar-refractivity contribution in [2.75, 3.05) is 13.3 Å². The van der Waals surface area contributed by atoms with Gasteiger partial charge in [0.2, 0.25) is 0 Å². The molecule has 1 aromatic rings. The Hall–Kier alpha value is 2.72. The van der Waals surface area contributed by atoms with Crippen LogP contribution >= 0.6 is 67.5 Å². The minimum Gasteiger partial charge on any atom is -0.497 e. The fourth-order valence-electron chi connectivity index (χ4n) is 2.33. The fourth-order valence-corrected chi connectivity index (χ4v) is 124. The van der Waals surface area contributed by atoms with Crippen molar-refractivity contribution in [3.8, 4) is 5.75 Å². The SMILES string of the molecule is COc1ccc(C23CP4(=S)SP(=S)(S2)SP(=S)(S3)S4)cc1. The molecule has 4 aliphatic heterocycles. The summed E-state index contributed by atoms with van der Waals surface area (Å²) < 4.78 is 0.717. The second-order valence-corrected chi connectivity index (χ2v) is 46.5. The minimum atomic E-state index is -1.55. The van der Waals surface area contributed by atoms with Crippen LogP contribution in [0.5, 0.6) is 5.75 Å². The second kappa shape index (κ2) is 5.61. The lowest BCUT2D eigenvalue weighted by atomic mass is 10.1. The molecule has 4 saturated heterocycles. The van der Waals surface area contributed by atoms with Crippen molar-refractivity contribution in [2.45, 2.75) is 4.08 Å². The molecule has 2 unspecified atom stereocenters. The van der Waals surface area contributed by atoms with Crippen molar-refractivity contribution in [2.24, 2.45) is 0 Å². The molecule has 0 N–H and O–H groups in total. The number of ether oxygens (including phenoxy) is 1. The summed E-state index contributed by atoms with van der Waals surface area (Å²) in [7, 11) is 1.70. The summed E-state index contributed by atoms with van der Waals surface area (Å²) in [6.07, 6.45) is 1.07. The van der Waals surface area contributed by atoms with E-state index in [2.05, 4.69) is 12.1 Å². The Morgan fingerprint density at radius 2 is 1.57 bits per heavy atom. The van der Waals surface area contributed by atoms with Gasteiger partial charge in [-0.1, -0.05) is 92.3 Å². The summed E-state index contributed by atoms with van der Waals surface area (Å²) >= 11 is 28.0. The third-order valence-corrected chi connectivity index (χ3v) is 61.5. The van der Waals surface area contributed by atoms with Gasteiger partial charge in [-0.15, -0.1) is 0 Å². The Morgan fingerprint density at radius 1 is 1.00 bits per heavy atom. The van der Waals surface area contributed by atoms with E-state index in [0.717, 1.165) is 11.9 Å². The van der Waals surface area contributed by atoms with Crippen LogP contribution in [-0.2, 0) is 39.5 Å². The predicted molar refractivity (Wildman–Crippen MR) is 120 cm³/mol. The molecule has 0 spiro atoms. The number of hydrogen-bond acceptors (Lipinski definition) is 9. The minimum absolute atomic E-state index is 0.0224. The van der Waals surface area contributed by atoms with E-state index in [4.69, 9.17) is 40.2 Å². The molecule has 4 bridgehead atoms. The highest BCUT2D eigenvalue weighted by Gasteiger charge is 2.63. The maximum absolute atomic E-state index is 6.05. The average molecular weight is 483 g/mol. The first kappa shape index (κ1) is 17.1. The van der Waals surface area contributed by atoms with Gasteiger partial charge in [0, 0.05) is 6.16 Å². The van der Waals surface area contributed by atoms with Gasteiger partial charge in [0.15, 0.2) is 0 Å². The van der Waals surface area contributed by atoms with Crippen molar-refractivity contribution in [1.82, 2.24) is 0 Å². The quantitative estimate of drug-likeness (QED) is 0.398. The standard InChI is InChI=1S/C9H9OP3S8/c1-10-8-4-2-7(3-5-8)9-6-11(14)19-12(15,17-9)21-13(16,18-9)20-11/h2-5H,6H2,1H3. The molecule has 5 rings (SSSR count). The van der Waals surface area contributed by atoms with Crippen molar-refractivity contribution in [3.63, 3.8) is 0 Å². The van der Waals surface area contributed by atoms with Gasteiger partial charge in [0.1, 0.15) is 17.1 Å². The molecule has 0 aliphatic carbocycles. The Morgan fingerprint density at radius 3 is 2.05 bits per heavy atom. The van der Waals surface area contributed by atoms with E-state index in [-0.39, 0.29) is 4.08 Å². The van der Waals surface area contributed by atoms with Gasteiger partial charge in [-0.3, -0.25) is 0 Å². The summed E-state index contributed by atoms with van der Waals surface area (Å²) in [5.41, 5.74) is 1.33. The first-order valence-electron chi connectivity index (χ1n) is 5.77. The number of methoxy groups -OCH3 is 1. The number of benzene rings is 1. The van der Waals surface area contributed by atoms with Crippen molar-refractivity contribution in [1.29, 1.82) is 0 Å². The molecule has 12 heteroatoms. The van der Waals surface area contributed by atoms with Crippen LogP contribution in [0, 0.1) is 0 Å². The zero-order chi connectivity index (χ0) is 14.9. The first-order chi connectivity index (χ1) is 9.78. The molecule has 0 radical (unpaired) electrons. The lowest BCUT2D eigenvalue weighted by Gasteiger charge is -2.57. The molecule has 1 nitrogen and oxygen atoms in total. The maximum Gasteiger partial charge on any atom is 0.122 e. The summed E-state index contributed by atoms with van der Waals surface area (Å²) in [6, 6.07) is 8.44. The normalized spacial score (nSPS) is 47.5. The Bertz CT molecular complexity index is 678. The molecule has 0 amide bonds. The van der Waals surface area contributed by atoms with E-state index in [1.165, 1.54) is 5.56 Å². The molecule has 2 atom stereocenters. The second-order valence-electron chi connectivity index (χ2n) is 4.57. The van der Waals surface area contributed by atoms with Crippen LogP contribution in [-0.4, -0.2) is 13.3 Å². The fraction of sp³-hybridized carbons (Fsp3) is 0.333. The number of rotatable bonds is 2. The van der Waals surface area contributed by atoms with E-state index < -0.39 is 11.7 Å². The third-order valence-electron chi connectivity index (χ3n) is 3.10. The van der Waals surface area contributed by atoms with E-state index in [1.54, 1.807) is 7.11 Å². The lowest BCUT2D eigenvalue weighted by molar-refractivity contribution is 0.414. The zero-order valence-corrected chi connectivity index (χ0v) is 19.7. The van der Waals surface area contributed by atoms with Crippen LogP contribution in [0.25, 0.3) is 0 Å². The molecular formula is C9H9OP3S8. The highest BCUT2D eigenvalue weighted by molar-refractivity contribution is 9.61. The van der Waals surface area contributed by atoms with Gasteiger partial charge >= 0.3 is 0 Å². The van der Waals surface area contributed by atoms with Gasteiger partial charge in [0.05, 0.1) is 11.6 Å². The average Bonchev–Trinajstić information content (AvgIpc) is 2.33. The van der Waals surface area contributed by atoms with Gasteiger partial charge in [0.25, 0.3) is 0 Å². The highest BCUT2D eigenvalue weighted by Crippen LogP contribution is 3.19. The van der Waals surface area contributed by atoms with Crippen LogP contribution in [0.1, 0.15) is 5.56 Å². The predicted octanol–water partition coefficient (Wildman–Crippen LogP) is 7.31. The summed E-state index contributed by atoms with van der Waals surface area (Å²) in [5, 5.41) is 0. The molecule has 0 saturated carbocycles. The summed E-state index contributed by atoms with van der Waals surface area (Å²) in [4.78, 5) is 0. The van der Waals surface area contributed by atoms with Crippen LogP contribution in [0.3, 0.4) is 0 Å². The molecule has 0 aromatic heterocycles. The van der Waals surface area contributed by atoms with Gasteiger partial charge in [-0.05, 0) is 28.7 Å². The van der Waals surface area contributed by atoms with E-state index in [1.807, 2.05) is 67.9 Å². The van der Waals surface area contributed by atoms with Crippen molar-refractivity contribution in [3.05, 3.63) is 29.8 Å². The molecule has 21 heavy (non-hydrogen) atoms. The summed E-state index contributed by atoms with van der Waals surface area (Å²) in [6.45, 7) is 0. The highest BCUT2D eigenvalue weighted by atomic mass is 33.9. The van der Waals surface area contributed by atoms with Crippen LogP contribution < -0.4 is 4.74 Å². The number of hydrogen-bond donors (Lipinski definition) is 0. The van der Waals surface area contributed by atoms with Crippen LogP contribution in [0.2, 0.25) is 0 Å². The van der Waals surface area contributed by atoms with Crippen molar-refractivity contribution >= 4 is 103 Å². The van der Waals surface area contributed by atoms with Crippen molar-refractivity contribution < 1.29 is 4.74 Å². The molecule has 4 heterocycles. The molecule has 4 fully saturated rings. The van der Waals surface area contributed by atoms with Gasteiger partial charge in [-0.25, -0.2) is 0 Å². The molecule has 114 valence electrons. The van der Waals surface area contributed by atoms with E-state index >= 15 is 0 Å². The van der Waals surface area contributed by atoms with E-state index in [0.29, 0.717) is 0 Å². The topological polar surface area (TPSA) is 9.23 Å². The van der Waals surface area contributed by atoms with Gasteiger partial charge < -0.3 is 4.74 Å². The monoisotopic (exact) mass is 482 g/mol. The first-order valence-corrected chi connectivity index (χ1v) is 23.3. The van der Waals surface area contributed by atoms with Crippen LogP contribution in [0.4, 0.5) is 0 Å². The lowest BCUT2D eigenvalue weighted by Crippen LogP contribution is -2.26. The molecule has 4 aliphatic rings. The van der Waals surface area contributed by atoms with Crippen LogP contribution in [0.15, 0.2) is 24.3 Å². The van der Waals surface area contributed by atoms with E-state index in [9.17, 15) is 0 Å². The Labute approximate surface area is 159 Å². The maximum atomic E-state index is 6.05. The zero-order valence-electron chi connectivity index (χ0n) is 10.5. The Kier molecular flexibility index (Phi) is 4.58. The largest absolute Gasteiger partial charge is 0.497 e. The van der Waals surface area contributed by atoms with Gasteiger partial charge in [-0.2, -0.15) is 0 Å². The molecule has 1 aromatic carbocycles.